The number of hydrogen-bond acceptors (Lipinski definition) is 6. The van der Waals surface area contributed by atoms with Gasteiger partial charge in [-0.3, -0.25) is 0 Å². The molecule has 0 bridgehead atoms. The smallest absolute Gasteiger partial charge is 1.00 e. The van der Waals surface area contributed by atoms with Crippen LogP contribution in [0.25, 0.3) is 0 Å². The Balaban J connectivity index is -0.000000281. The number of carbonyl (C=O) groups is 2. The van der Waals surface area contributed by atoms with Gasteiger partial charge in [-0.15, -0.1) is 0 Å². The van der Waals surface area contributed by atoms with E-state index in [1.165, 1.54) is 0 Å². The van der Waals surface area contributed by atoms with Crippen molar-refractivity contribution in [2.24, 2.45) is 0 Å². The maximum absolute atomic E-state index is 10.6. The summed E-state index contributed by atoms with van der Waals surface area (Å²) in [6.07, 6.45) is -6.65. The molecule has 19 heavy (non-hydrogen) atoms. The molecule has 13 heteroatoms. The van der Waals surface area contributed by atoms with Gasteiger partial charge in [0.2, 0.25) is 0 Å². The fourth-order valence-corrected chi connectivity index (χ4v) is 2.95. The second kappa shape index (κ2) is 12.2. The minimum atomic E-state index is -2.09. The van der Waals surface area contributed by atoms with Crippen molar-refractivity contribution in [3.8, 4) is 0 Å². The molecule has 4 atom stereocenters. The van der Waals surface area contributed by atoms with Crippen LogP contribution >= 0.6 is 0 Å². The number of hydrogen-bond donors (Lipinski definition) is 4. The van der Waals surface area contributed by atoms with E-state index < -0.39 is 58.8 Å². The van der Waals surface area contributed by atoms with Crippen molar-refractivity contribution in [2.75, 3.05) is 0 Å². The first-order valence-electron chi connectivity index (χ1n) is 3.79. The zero-order valence-electron chi connectivity index (χ0n) is 9.68. The van der Waals surface area contributed by atoms with Gasteiger partial charge < -0.3 is 16.4 Å². The van der Waals surface area contributed by atoms with Crippen LogP contribution in [-0.4, -0.2) is 95.7 Å². The predicted octanol–water partition coefficient (Wildman–Crippen LogP) is -8.27. The first kappa shape index (κ1) is 27.8. The molecule has 0 saturated carbocycles. The van der Waals surface area contributed by atoms with E-state index in [4.69, 9.17) is 21.4 Å². The summed E-state index contributed by atoms with van der Waals surface area (Å²) in [4.78, 5) is 20.9. The van der Waals surface area contributed by atoms with E-state index in [1.807, 2.05) is 0 Å². The summed E-state index contributed by atoms with van der Waals surface area (Å²) in [5.41, 5.74) is 0. The molecule has 1 saturated heterocycles. The van der Waals surface area contributed by atoms with Crippen molar-refractivity contribution >= 4 is 34.4 Å². The Labute approximate surface area is 140 Å². The van der Waals surface area contributed by atoms with Crippen LogP contribution in [0.15, 0.2) is 0 Å². The van der Waals surface area contributed by atoms with E-state index >= 15 is 0 Å². The number of aliphatic hydroxyl groups excluding tert-OH is 2. The van der Waals surface area contributed by atoms with Gasteiger partial charge in [0.05, 0.1) is 0 Å². The fraction of sp³-hybridized carbons (Fsp3) is 0.667. The van der Waals surface area contributed by atoms with Gasteiger partial charge in [-0.05, 0) is 0 Å². The van der Waals surface area contributed by atoms with Crippen LogP contribution in [-0.2, 0) is 15.6 Å². The molecule has 4 unspecified atom stereocenters. The number of rotatable bonds is 4. The Morgan fingerprint density at radius 3 is 1.89 bits per heavy atom. The van der Waals surface area contributed by atoms with Crippen molar-refractivity contribution in [2.45, 2.75) is 24.4 Å². The largest absolute Gasteiger partial charge is 1.00 e. The van der Waals surface area contributed by atoms with Crippen LogP contribution in [0.5, 0.6) is 0 Å². The van der Waals surface area contributed by atoms with Crippen molar-refractivity contribution in [3.63, 3.8) is 0 Å². The summed E-state index contributed by atoms with van der Waals surface area (Å²) in [5, 5.41) is 35.4. The van der Waals surface area contributed by atoms with Gasteiger partial charge in [-0.2, -0.15) is 0 Å². The Morgan fingerprint density at radius 1 is 1.05 bits per heavy atom. The van der Waals surface area contributed by atoms with Gasteiger partial charge in [-0.25, -0.2) is 0 Å². The van der Waals surface area contributed by atoms with Gasteiger partial charge in [-0.1, -0.05) is 0 Å². The van der Waals surface area contributed by atoms with Crippen LogP contribution < -0.4 is 29.6 Å². The summed E-state index contributed by atoms with van der Waals surface area (Å²) in [6.45, 7) is 0. The molecule has 1 radical (unpaired) electrons. The molecule has 0 aromatic heterocycles. The van der Waals surface area contributed by atoms with E-state index in [2.05, 4.69) is 0 Å². The quantitative estimate of drug-likeness (QED) is 0.326. The molecule has 0 amide bonds. The number of carboxylic acid groups (broad SMARTS) is 2. The molecule has 1 aliphatic heterocycles. The summed E-state index contributed by atoms with van der Waals surface area (Å²) in [7, 11) is 0. The SMILES string of the molecule is O.O.O.O=C(O)C(O)C(O)C1[O][Sb][O]C1C(=O)O.[Na+]. The molecule has 0 aliphatic carbocycles. The summed E-state index contributed by atoms with van der Waals surface area (Å²) in [6, 6.07) is 0. The molecule has 0 aromatic carbocycles. The zero-order valence-corrected chi connectivity index (χ0v) is 14.2. The fourth-order valence-electron chi connectivity index (χ4n) is 0.989. The third-order valence-corrected chi connectivity index (χ3v) is 3.61. The Morgan fingerprint density at radius 2 is 1.53 bits per heavy atom. The van der Waals surface area contributed by atoms with Crippen molar-refractivity contribution in [3.05, 3.63) is 0 Å². The molecular formula is C6H14NaO11Sb+. The third kappa shape index (κ3) is 7.16. The number of carboxylic acids is 2. The molecule has 10 N–H and O–H groups in total. The normalized spacial score (nSPS) is 23.5. The van der Waals surface area contributed by atoms with Crippen LogP contribution in [0.4, 0.5) is 0 Å². The molecule has 1 aliphatic rings. The van der Waals surface area contributed by atoms with E-state index in [0.29, 0.717) is 0 Å². The molecule has 1 heterocycles. The van der Waals surface area contributed by atoms with Crippen LogP contribution in [0, 0.1) is 0 Å². The van der Waals surface area contributed by atoms with E-state index in [1.54, 1.807) is 0 Å². The topological polar surface area (TPSA) is 228 Å². The average molecular weight is 407 g/mol. The van der Waals surface area contributed by atoms with Gasteiger partial charge in [0, 0.05) is 0 Å². The maximum Gasteiger partial charge on any atom is 1.00 e. The molecule has 109 valence electrons. The van der Waals surface area contributed by atoms with E-state index in [-0.39, 0.29) is 46.0 Å². The van der Waals surface area contributed by atoms with Gasteiger partial charge >= 0.3 is 124 Å². The molecule has 0 spiro atoms. The zero-order chi connectivity index (χ0) is 11.6. The minimum absolute atomic E-state index is 0. The van der Waals surface area contributed by atoms with Crippen molar-refractivity contribution in [1.82, 2.24) is 0 Å². The van der Waals surface area contributed by atoms with Crippen LogP contribution in [0.2, 0.25) is 0 Å². The van der Waals surface area contributed by atoms with Gasteiger partial charge in [0.25, 0.3) is 0 Å². The van der Waals surface area contributed by atoms with Crippen LogP contribution in [0.1, 0.15) is 0 Å². The van der Waals surface area contributed by atoms with Gasteiger partial charge in [0.1, 0.15) is 0 Å². The number of aliphatic hydroxyl groups is 2. The van der Waals surface area contributed by atoms with Crippen molar-refractivity contribution < 1.29 is 82.0 Å². The first-order valence-corrected chi connectivity index (χ1v) is 5.87. The van der Waals surface area contributed by atoms with Crippen molar-refractivity contribution in [1.29, 1.82) is 0 Å². The second-order valence-corrected chi connectivity index (χ2v) is 4.41. The number of aliphatic carboxylic acids is 2. The Kier molecular flexibility index (Phi) is 17.9. The van der Waals surface area contributed by atoms with E-state index in [9.17, 15) is 14.7 Å². The summed E-state index contributed by atoms with van der Waals surface area (Å²) >= 11 is -1.63. The molecule has 11 nitrogen and oxygen atoms in total. The Bertz CT molecular complexity index is 276. The second-order valence-electron chi connectivity index (χ2n) is 2.78. The summed E-state index contributed by atoms with van der Waals surface area (Å²) in [5.74, 6) is -3.00. The predicted molar refractivity (Wildman–Crippen MR) is 53.6 cm³/mol. The van der Waals surface area contributed by atoms with Gasteiger partial charge in [0.15, 0.2) is 0 Å². The molecule has 1 rings (SSSR count). The third-order valence-electron chi connectivity index (χ3n) is 1.78. The first-order chi connectivity index (χ1) is 6.95. The molecule has 1 fully saturated rings. The standard InChI is InChI=1S/C6H8O8.Na.3H2O.Sb/c7-1(3(9)5(11)12)2(8)4(10)6(13)14;;;;;/h1-4,7,9H,(H,11,12)(H,13,14);;3*1H2;/q-2;+1;;;;+2. The average Bonchev–Trinajstić information content (AvgIpc) is 2.63. The monoisotopic (exact) mass is 406 g/mol. The van der Waals surface area contributed by atoms with E-state index in [0.717, 1.165) is 0 Å². The minimum Gasteiger partial charge on any atom is 1.00 e. The maximum atomic E-state index is 10.6. The molecule has 0 aromatic rings. The molecular weight excluding hydrogens is 393 g/mol. The van der Waals surface area contributed by atoms with Crippen LogP contribution in [0.3, 0.4) is 0 Å². The summed E-state index contributed by atoms with van der Waals surface area (Å²) < 4.78 is 9.58. The Hall–Kier alpha value is 0.478.